The first kappa shape index (κ1) is 11.1. The molecule has 0 atom stereocenters. The zero-order valence-electron chi connectivity index (χ0n) is 8.91. The van der Waals surface area contributed by atoms with Crippen LogP contribution in [0.2, 0.25) is 0 Å². The average molecular weight is 202 g/mol. The predicted octanol–water partition coefficient (Wildman–Crippen LogP) is 0.853. The number of nitrogens with one attached hydrogen (secondary N) is 2. The first-order valence-corrected chi connectivity index (χ1v) is 4.67. The minimum absolute atomic E-state index is 0.656. The molecule has 0 aromatic heterocycles. The number of nitrogens with zero attached hydrogens (tertiary/aromatic N) is 2. The van der Waals surface area contributed by atoms with Crippen molar-refractivity contribution in [2.75, 3.05) is 14.1 Å². The van der Waals surface area contributed by atoms with Gasteiger partial charge in [0, 0.05) is 20.6 Å². The molecule has 1 rings (SSSR count). The molecule has 78 valence electrons. The smallest absolute Gasteiger partial charge is 0.190 e. The van der Waals surface area contributed by atoms with E-state index in [1.165, 1.54) is 0 Å². The van der Waals surface area contributed by atoms with Gasteiger partial charge in [-0.2, -0.15) is 5.26 Å². The van der Waals surface area contributed by atoms with Crippen molar-refractivity contribution in [3.8, 4) is 6.07 Å². The molecule has 4 heteroatoms. The lowest BCUT2D eigenvalue weighted by molar-refractivity contribution is 0.866. The fourth-order valence-electron chi connectivity index (χ4n) is 1.22. The monoisotopic (exact) mass is 202 g/mol. The molecular weight excluding hydrogens is 188 g/mol. The molecule has 4 nitrogen and oxygen atoms in total. The van der Waals surface area contributed by atoms with Crippen LogP contribution >= 0.6 is 0 Å². The minimum atomic E-state index is 0.656. The number of hydrogen-bond donors (Lipinski definition) is 2. The van der Waals surface area contributed by atoms with E-state index in [4.69, 9.17) is 5.26 Å². The van der Waals surface area contributed by atoms with E-state index in [2.05, 4.69) is 21.7 Å². The second-order valence-electron chi connectivity index (χ2n) is 2.99. The molecule has 0 saturated heterocycles. The van der Waals surface area contributed by atoms with Gasteiger partial charge in [-0.25, -0.2) is 0 Å². The van der Waals surface area contributed by atoms with Crippen LogP contribution in [-0.4, -0.2) is 20.1 Å². The SMILES string of the molecule is CN=C(NC)NCc1cccc(C#N)c1. The maximum absolute atomic E-state index is 8.73. The van der Waals surface area contributed by atoms with Crippen LogP contribution in [0.15, 0.2) is 29.3 Å². The van der Waals surface area contributed by atoms with Gasteiger partial charge in [0.2, 0.25) is 0 Å². The summed E-state index contributed by atoms with van der Waals surface area (Å²) < 4.78 is 0. The summed E-state index contributed by atoms with van der Waals surface area (Å²) in [4.78, 5) is 3.99. The van der Waals surface area contributed by atoms with Crippen LogP contribution in [0.4, 0.5) is 0 Å². The topological polar surface area (TPSA) is 60.2 Å². The van der Waals surface area contributed by atoms with Gasteiger partial charge in [-0.1, -0.05) is 12.1 Å². The number of hydrogen-bond acceptors (Lipinski definition) is 2. The molecule has 0 aliphatic carbocycles. The van der Waals surface area contributed by atoms with Crippen molar-refractivity contribution in [1.29, 1.82) is 5.26 Å². The maximum atomic E-state index is 8.73. The first-order chi connectivity index (χ1) is 7.30. The summed E-state index contributed by atoms with van der Waals surface area (Å²) >= 11 is 0. The minimum Gasteiger partial charge on any atom is -0.359 e. The molecule has 0 radical (unpaired) electrons. The lowest BCUT2D eigenvalue weighted by Gasteiger charge is -2.08. The predicted molar refractivity (Wildman–Crippen MR) is 60.4 cm³/mol. The largest absolute Gasteiger partial charge is 0.359 e. The summed E-state index contributed by atoms with van der Waals surface area (Å²) in [5.41, 5.74) is 1.74. The Labute approximate surface area is 89.6 Å². The lowest BCUT2D eigenvalue weighted by Crippen LogP contribution is -2.34. The van der Waals surface area contributed by atoms with Gasteiger partial charge in [0.1, 0.15) is 0 Å². The molecule has 0 aliphatic heterocycles. The van der Waals surface area contributed by atoms with E-state index in [1.807, 2.05) is 18.2 Å². The number of nitriles is 1. The Morgan fingerprint density at radius 1 is 1.53 bits per heavy atom. The quantitative estimate of drug-likeness (QED) is 0.552. The molecule has 0 bridgehead atoms. The number of guanidine groups is 1. The Kier molecular flexibility index (Phi) is 4.17. The normalized spacial score (nSPS) is 10.6. The molecule has 0 spiro atoms. The van der Waals surface area contributed by atoms with Crippen molar-refractivity contribution < 1.29 is 0 Å². The molecule has 0 fully saturated rings. The van der Waals surface area contributed by atoms with E-state index in [0.29, 0.717) is 12.1 Å². The van der Waals surface area contributed by atoms with E-state index in [9.17, 15) is 0 Å². The summed E-state index contributed by atoms with van der Waals surface area (Å²) in [6, 6.07) is 9.60. The Morgan fingerprint density at radius 2 is 2.33 bits per heavy atom. The van der Waals surface area contributed by atoms with Crippen molar-refractivity contribution in [1.82, 2.24) is 10.6 Å². The van der Waals surface area contributed by atoms with Gasteiger partial charge in [-0.3, -0.25) is 4.99 Å². The van der Waals surface area contributed by atoms with Crippen LogP contribution in [-0.2, 0) is 6.54 Å². The van der Waals surface area contributed by atoms with Crippen LogP contribution in [0.5, 0.6) is 0 Å². The lowest BCUT2D eigenvalue weighted by atomic mass is 10.1. The standard InChI is InChI=1S/C11H14N4/c1-13-11(14-2)15-8-10-5-3-4-9(6-10)7-12/h3-6H,8H2,1-2H3,(H2,13,14,15). The van der Waals surface area contributed by atoms with Gasteiger partial charge >= 0.3 is 0 Å². The Balaban J connectivity index is 2.62. The summed E-state index contributed by atoms with van der Waals surface area (Å²) in [6.45, 7) is 0.656. The molecule has 0 amide bonds. The second kappa shape index (κ2) is 5.66. The van der Waals surface area contributed by atoms with Crippen molar-refractivity contribution in [2.24, 2.45) is 4.99 Å². The van der Waals surface area contributed by atoms with E-state index in [1.54, 1.807) is 20.2 Å². The number of aliphatic imine (C=N–C) groups is 1. The Bertz CT molecular complexity index is 390. The third-order valence-electron chi connectivity index (χ3n) is 1.98. The first-order valence-electron chi connectivity index (χ1n) is 4.67. The van der Waals surface area contributed by atoms with Gasteiger partial charge in [-0.15, -0.1) is 0 Å². The van der Waals surface area contributed by atoms with Gasteiger partial charge < -0.3 is 10.6 Å². The van der Waals surface area contributed by atoms with Gasteiger partial charge in [0.15, 0.2) is 5.96 Å². The van der Waals surface area contributed by atoms with Crippen LogP contribution in [0.25, 0.3) is 0 Å². The van der Waals surface area contributed by atoms with E-state index in [-0.39, 0.29) is 0 Å². The second-order valence-corrected chi connectivity index (χ2v) is 2.99. The van der Waals surface area contributed by atoms with E-state index in [0.717, 1.165) is 11.5 Å². The molecule has 1 aromatic rings. The van der Waals surface area contributed by atoms with Crippen LogP contribution in [0, 0.1) is 11.3 Å². The van der Waals surface area contributed by atoms with Crippen molar-refractivity contribution in [3.63, 3.8) is 0 Å². The van der Waals surface area contributed by atoms with Crippen molar-refractivity contribution in [2.45, 2.75) is 6.54 Å². The fourth-order valence-corrected chi connectivity index (χ4v) is 1.22. The van der Waals surface area contributed by atoms with E-state index < -0.39 is 0 Å². The third-order valence-corrected chi connectivity index (χ3v) is 1.98. The Morgan fingerprint density at radius 3 is 2.93 bits per heavy atom. The molecule has 0 saturated carbocycles. The summed E-state index contributed by atoms with van der Waals surface area (Å²) in [5, 5.41) is 14.8. The van der Waals surface area contributed by atoms with Crippen LogP contribution < -0.4 is 10.6 Å². The molecule has 0 heterocycles. The molecular formula is C11H14N4. The zero-order chi connectivity index (χ0) is 11.1. The van der Waals surface area contributed by atoms with Crippen molar-refractivity contribution in [3.05, 3.63) is 35.4 Å². The molecule has 2 N–H and O–H groups in total. The van der Waals surface area contributed by atoms with Gasteiger partial charge in [0.05, 0.1) is 11.6 Å². The molecule has 0 aliphatic rings. The highest BCUT2D eigenvalue weighted by Crippen LogP contribution is 2.03. The highest BCUT2D eigenvalue weighted by molar-refractivity contribution is 5.79. The maximum Gasteiger partial charge on any atom is 0.190 e. The summed E-state index contributed by atoms with van der Waals surface area (Å²) in [6.07, 6.45) is 0. The summed E-state index contributed by atoms with van der Waals surface area (Å²) in [5.74, 6) is 0.734. The van der Waals surface area contributed by atoms with Crippen LogP contribution in [0.3, 0.4) is 0 Å². The Hall–Kier alpha value is -2.02. The van der Waals surface area contributed by atoms with Crippen LogP contribution in [0.1, 0.15) is 11.1 Å². The fraction of sp³-hybridized carbons (Fsp3) is 0.273. The summed E-state index contributed by atoms with van der Waals surface area (Å²) in [7, 11) is 3.52. The van der Waals surface area contributed by atoms with E-state index >= 15 is 0 Å². The molecule has 0 unspecified atom stereocenters. The molecule has 15 heavy (non-hydrogen) atoms. The molecule has 1 aromatic carbocycles. The average Bonchev–Trinajstić information content (AvgIpc) is 2.31. The third kappa shape index (κ3) is 3.31. The number of benzene rings is 1. The van der Waals surface area contributed by atoms with Gasteiger partial charge in [0.25, 0.3) is 0 Å². The zero-order valence-corrected chi connectivity index (χ0v) is 8.91. The van der Waals surface area contributed by atoms with Gasteiger partial charge in [-0.05, 0) is 17.7 Å². The highest BCUT2D eigenvalue weighted by atomic mass is 15.1. The number of rotatable bonds is 2. The van der Waals surface area contributed by atoms with Crippen molar-refractivity contribution >= 4 is 5.96 Å². The highest BCUT2D eigenvalue weighted by Gasteiger charge is 1.96.